The molecule has 10 heteroatoms. The van der Waals surface area contributed by atoms with Crippen LogP contribution in [0.4, 0.5) is 0 Å². The van der Waals surface area contributed by atoms with Gasteiger partial charge < -0.3 is 45.4 Å². The van der Waals surface area contributed by atoms with E-state index in [0.29, 0.717) is 19.3 Å². The summed E-state index contributed by atoms with van der Waals surface area (Å²) in [5.74, 6) is -0.626. The zero-order valence-electron chi connectivity index (χ0n) is 43.3. The van der Waals surface area contributed by atoms with E-state index in [1.807, 2.05) is 6.08 Å². The number of ether oxygens (including phenoxy) is 2. The van der Waals surface area contributed by atoms with Crippen LogP contribution >= 0.6 is 0 Å². The smallest absolute Gasteiger partial charge is 0.249 e. The summed E-state index contributed by atoms with van der Waals surface area (Å²) < 4.78 is 11.2. The first kappa shape index (κ1) is 63.4. The summed E-state index contributed by atoms with van der Waals surface area (Å²) >= 11 is 0. The molecule has 394 valence electrons. The van der Waals surface area contributed by atoms with Gasteiger partial charge in [0.25, 0.3) is 0 Å². The van der Waals surface area contributed by atoms with Crippen LogP contribution in [0, 0.1) is 0 Å². The average molecular weight is 950 g/mol. The van der Waals surface area contributed by atoms with Crippen LogP contribution in [0.5, 0.6) is 0 Å². The Hall–Kier alpha value is -1.63. The molecule has 0 aromatic carbocycles. The van der Waals surface area contributed by atoms with Gasteiger partial charge in [0.05, 0.1) is 25.4 Å². The molecule has 1 fully saturated rings. The third-order valence-corrected chi connectivity index (χ3v) is 13.6. The van der Waals surface area contributed by atoms with E-state index in [1.165, 1.54) is 180 Å². The van der Waals surface area contributed by atoms with Gasteiger partial charge in [-0.1, -0.05) is 249 Å². The minimum absolute atomic E-state index is 0.304. The predicted octanol–water partition coefficient (Wildman–Crippen LogP) is 12.5. The van der Waals surface area contributed by atoms with Crippen LogP contribution in [0.2, 0.25) is 0 Å². The number of amides is 1. The van der Waals surface area contributed by atoms with Crippen molar-refractivity contribution in [2.24, 2.45) is 0 Å². The topological polar surface area (TPSA) is 169 Å². The van der Waals surface area contributed by atoms with Gasteiger partial charge in [0.2, 0.25) is 5.91 Å². The fourth-order valence-corrected chi connectivity index (χ4v) is 8.96. The van der Waals surface area contributed by atoms with Gasteiger partial charge in [-0.3, -0.25) is 4.79 Å². The fraction of sp³-hybridized carbons (Fsp3) is 0.877. The molecule has 0 aromatic heterocycles. The highest BCUT2D eigenvalue weighted by Gasteiger charge is 2.44. The normalized spacial score (nSPS) is 20.4. The lowest BCUT2D eigenvalue weighted by Gasteiger charge is -2.40. The van der Waals surface area contributed by atoms with E-state index >= 15 is 0 Å². The molecule has 67 heavy (non-hydrogen) atoms. The number of unbranched alkanes of at least 4 members (excludes halogenated alkanes) is 33. The van der Waals surface area contributed by atoms with E-state index < -0.39 is 61.5 Å². The monoisotopic (exact) mass is 950 g/mol. The van der Waals surface area contributed by atoms with Gasteiger partial charge in [-0.2, -0.15) is 0 Å². The van der Waals surface area contributed by atoms with Crippen LogP contribution < -0.4 is 5.32 Å². The summed E-state index contributed by atoms with van der Waals surface area (Å²) in [5.41, 5.74) is 0. The Labute approximate surface area is 411 Å². The molecule has 0 saturated carbocycles. The summed E-state index contributed by atoms with van der Waals surface area (Å²) in [5, 5.41) is 64.9. The van der Waals surface area contributed by atoms with E-state index in [9.17, 15) is 35.4 Å². The van der Waals surface area contributed by atoms with Crippen molar-refractivity contribution in [2.75, 3.05) is 13.2 Å². The average Bonchev–Trinajstić information content (AvgIpc) is 3.33. The second kappa shape index (κ2) is 46.7. The second-order valence-corrected chi connectivity index (χ2v) is 19.9. The maximum atomic E-state index is 13.1. The van der Waals surface area contributed by atoms with Crippen molar-refractivity contribution in [3.63, 3.8) is 0 Å². The molecular formula is C57H107NO9. The molecule has 10 nitrogen and oxygen atoms in total. The van der Waals surface area contributed by atoms with E-state index in [1.54, 1.807) is 6.08 Å². The maximum Gasteiger partial charge on any atom is 0.249 e. The number of rotatable bonds is 48. The van der Waals surface area contributed by atoms with Crippen molar-refractivity contribution in [3.05, 3.63) is 36.5 Å². The third-order valence-electron chi connectivity index (χ3n) is 13.6. The molecule has 8 unspecified atom stereocenters. The summed E-state index contributed by atoms with van der Waals surface area (Å²) in [4.78, 5) is 13.1. The van der Waals surface area contributed by atoms with Gasteiger partial charge in [0.15, 0.2) is 6.29 Å². The highest BCUT2D eigenvalue weighted by atomic mass is 16.7. The van der Waals surface area contributed by atoms with Crippen LogP contribution in [-0.2, 0) is 14.3 Å². The van der Waals surface area contributed by atoms with Gasteiger partial charge in [-0.25, -0.2) is 0 Å². The minimum atomic E-state index is -1.62. The molecule has 0 aromatic rings. The molecule has 1 saturated heterocycles. The van der Waals surface area contributed by atoms with Gasteiger partial charge >= 0.3 is 0 Å². The number of hydrogen-bond donors (Lipinski definition) is 7. The molecule has 0 bridgehead atoms. The number of aliphatic hydroxyl groups is 6. The summed E-state index contributed by atoms with van der Waals surface area (Å²) in [6.45, 7) is 3.61. The molecule has 0 spiro atoms. The lowest BCUT2D eigenvalue weighted by atomic mass is 9.99. The van der Waals surface area contributed by atoms with Crippen molar-refractivity contribution in [3.8, 4) is 0 Å². The van der Waals surface area contributed by atoms with Crippen LogP contribution in [0.3, 0.4) is 0 Å². The highest BCUT2D eigenvalue weighted by Crippen LogP contribution is 2.23. The Balaban J connectivity index is 2.28. The number of aliphatic hydroxyl groups excluding tert-OH is 6. The zero-order chi connectivity index (χ0) is 48.8. The molecule has 8 atom stereocenters. The van der Waals surface area contributed by atoms with Crippen molar-refractivity contribution < 1.29 is 44.9 Å². The van der Waals surface area contributed by atoms with Crippen molar-refractivity contribution in [1.82, 2.24) is 5.32 Å². The van der Waals surface area contributed by atoms with Crippen LogP contribution in [0.25, 0.3) is 0 Å². The lowest BCUT2D eigenvalue weighted by Crippen LogP contribution is -2.60. The van der Waals surface area contributed by atoms with Crippen molar-refractivity contribution in [1.29, 1.82) is 0 Å². The minimum Gasteiger partial charge on any atom is -0.394 e. The number of carbonyl (C=O) groups excluding carboxylic acids is 1. The zero-order valence-corrected chi connectivity index (χ0v) is 43.3. The van der Waals surface area contributed by atoms with Gasteiger partial charge in [-0.05, 0) is 44.9 Å². The quantitative estimate of drug-likeness (QED) is 0.0232. The number of allylic oxidation sites excluding steroid dienone is 5. The number of carbonyl (C=O) groups is 1. The highest BCUT2D eigenvalue weighted by molar-refractivity contribution is 5.80. The lowest BCUT2D eigenvalue weighted by molar-refractivity contribution is -0.302. The van der Waals surface area contributed by atoms with E-state index in [2.05, 4.69) is 43.5 Å². The largest absolute Gasteiger partial charge is 0.394 e. The van der Waals surface area contributed by atoms with Gasteiger partial charge in [0, 0.05) is 0 Å². The van der Waals surface area contributed by atoms with Crippen LogP contribution in [0.1, 0.15) is 258 Å². The van der Waals surface area contributed by atoms with E-state index in [-0.39, 0.29) is 6.61 Å². The van der Waals surface area contributed by atoms with Crippen LogP contribution in [-0.4, -0.2) is 98.7 Å². The van der Waals surface area contributed by atoms with Gasteiger partial charge in [0.1, 0.15) is 30.5 Å². The Morgan fingerprint density at radius 3 is 1.30 bits per heavy atom. The summed E-state index contributed by atoms with van der Waals surface area (Å²) in [7, 11) is 0. The Morgan fingerprint density at radius 2 is 0.881 bits per heavy atom. The molecular weight excluding hydrogens is 843 g/mol. The SMILES string of the molecule is CCCCCCCCC/C=C/CC/C=C/CC/C=C/C(O)C(COC1OC(CO)C(O)C(O)C1O)NC(=O)C(O)CCCCCCCCCCCCCCCCCCCCCCCCCCC. The third kappa shape index (κ3) is 36.0. The Bertz CT molecular complexity index is 1160. The molecule has 7 N–H and O–H groups in total. The van der Waals surface area contributed by atoms with Gasteiger partial charge in [-0.15, -0.1) is 0 Å². The number of nitrogens with one attached hydrogen (secondary N) is 1. The summed E-state index contributed by atoms with van der Waals surface area (Å²) in [6, 6.07) is -1.00. The maximum absolute atomic E-state index is 13.1. The molecule has 0 aliphatic carbocycles. The number of hydrogen-bond acceptors (Lipinski definition) is 9. The molecule has 1 amide bonds. The molecule has 1 aliphatic heterocycles. The summed E-state index contributed by atoms with van der Waals surface area (Å²) in [6.07, 6.45) is 49.6. The first-order valence-electron chi connectivity index (χ1n) is 28.3. The standard InChI is InChI=1S/C57H107NO9/c1-3-5-7-9-11-13-15-17-19-21-22-23-24-25-26-27-28-30-32-34-36-38-40-42-44-46-51(61)56(65)58-49(48-66-57-55(64)54(63)53(62)52(47-59)67-57)50(60)45-43-41-39-37-35-33-31-29-20-18-16-14-12-10-8-6-4-2/h20,29,35,37,43,45,49-55,57,59-64H,3-19,21-28,30-34,36,38-42,44,46-48H2,1-2H3,(H,58,65)/b29-20+,37-35+,45-43+. The fourth-order valence-electron chi connectivity index (χ4n) is 8.96. The van der Waals surface area contributed by atoms with Crippen LogP contribution in [0.15, 0.2) is 36.5 Å². The second-order valence-electron chi connectivity index (χ2n) is 19.9. The van der Waals surface area contributed by atoms with Crippen molar-refractivity contribution in [2.45, 2.75) is 307 Å². The molecule has 1 heterocycles. The first-order valence-corrected chi connectivity index (χ1v) is 28.3. The molecule has 1 rings (SSSR count). The Kier molecular flexibility index (Phi) is 44.2. The molecule has 0 radical (unpaired) electrons. The van der Waals surface area contributed by atoms with E-state index in [4.69, 9.17) is 9.47 Å². The first-order chi connectivity index (χ1) is 32.8. The molecule has 1 aliphatic rings. The predicted molar refractivity (Wildman–Crippen MR) is 278 cm³/mol. The van der Waals surface area contributed by atoms with E-state index in [0.717, 1.165) is 44.9 Å². The van der Waals surface area contributed by atoms with Crippen molar-refractivity contribution >= 4 is 5.91 Å². The Morgan fingerprint density at radius 1 is 0.507 bits per heavy atom.